The fraction of sp³-hybridized carbons (Fsp3) is 0.676. The first-order valence-electron chi connectivity index (χ1n) is 31.2. The van der Waals surface area contributed by atoms with Crippen molar-refractivity contribution < 1.29 is 32.8 Å². The van der Waals surface area contributed by atoms with Crippen molar-refractivity contribution in [3.8, 4) is 17.6 Å². The summed E-state index contributed by atoms with van der Waals surface area (Å²) in [5.74, 6) is 5.72. The zero-order valence-corrected chi connectivity index (χ0v) is 51.7. The van der Waals surface area contributed by atoms with E-state index in [-0.39, 0.29) is 41.8 Å². The van der Waals surface area contributed by atoms with Crippen LogP contribution in [0.3, 0.4) is 0 Å². The predicted octanol–water partition coefficient (Wildman–Crippen LogP) is 16.2. The van der Waals surface area contributed by atoms with Crippen molar-refractivity contribution in [1.29, 1.82) is 5.26 Å². The van der Waals surface area contributed by atoms with E-state index in [9.17, 15) is 10.1 Å². The molecule has 10 atom stereocenters. The van der Waals surface area contributed by atoms with Gasteiger partial charge in [-0.1, -0.05) is 126 Å². The van der Waals surface area contributed by atoms with Gasteiger partial charge in [0.05, 0.1) is 46.0 Å². The first-order valence-corrected chi connectivity index (χ1v) is 32.4. The molecule has 1 N–H and O–H groups in total. The summed E-state index contributed by atoms with van der Waals surface area (Å²) in [6, 6.07) is 29.6. The van der Waals surface area contributed by atoms with Gasteiger partial charge in [-0.05, 0) is 186 Å². The number of carbonyl (C=O) groups excluding carboxylic acids is 1. The van der Waals surface area contributed by atoms with Crippen LogP contribution in [0.15, 0.2) is 90.5 Å². The minimum atomic E-state index is -1.42. The Morgan fingerprint density at radius 1 is 0.800 bits per heavy atom. The number of benzene rings is 3. The van der Waals surface area contributed by atoms with Crippen LogP contribution in [0.25, 0.3) is 0 Å². The highest BCUT2D eigenvalue weighted by molar-refractivity contribution is 7.44. The van der Waals surface area contributed by atoms with Crippen molar-refractivity contribution >= 4 is 14.6 Å². The molecule has 0 radical (unpaired) electrons. The molecule has 3 aromatic carbocycles. The van der Waals surface area contributed by atoms with E-state index >= 15 is 0 Å². The number of allylic oxidation sites excluding steroid dienone is 1. The van der Waals surface area contributed by atoms with Crippen LogP contribution in [-0.4, -0.2) is 93.1 Å². The molecule has 1 aliphatic heterocycles. The number of hydrogen-bond acceptors (Lipinski definition) is 10. The maximum atomic E-state index is 13.3. The highest BCUT2D eigenvalue weighted by Crippen LogP contribution is 2.67. The van der Waals surface area contributed by atoms with Crippen molar-refractivity contribution in [3.05, 3.63) is 107 Å². The summed E-state index contributed by atoms with van der Waals surface area (Å²) in [5, 5.41) is 12.6. The van der Waals surface area contributed by atoms with Gasteiger partial charge in [-0.2, -0.15) is 5.26 Å². The van der Waals surface area contributed by atoms with Crippen molar-refractivity contribution in [2.24, 2.45) is 40.4 Å². The van der Waals surface area contributed by atoms with E-state index in [1.807, 2.05) is 30.3 Å². The fourth-order valence-electron chi connectivity index (χ4n) is 15.6. The van der Waals surface area contributed by atoms with Crippen LogP contribution in [-0.2, 0) is 24.1 Å². The fourth-order valence-corrected chi connectivity index (χ4v) is 17.3. The Labute approximate surface area is 484 Å². The number of likely N-dealkylation sites (tertiary alicyclic amines) is 1. The second-order valence-corrected chi connectivity index (χ2v) is 27.2. The number of carbonyl (C=O) groups is 1. The van der Waals surface area contributed by atoms with Gasteiger partial charge in [0.1, 0.15) is 23.2 Å². The van der Waals surface area contributed by atoms with Crippen LogP contribution < -0.4 is 14.8 Å². The van der Waals surface area contributed by atoms with Gasteiger partial charge in [0.25, 0.3) is 8.53 Å². The number of alkyl carbamates (subject to hydrolysis) is 1. The Kier molecular flexibility index (Phi) is 22.5. The number of unbranched alkanes of at least 4 members (excludes halogenated alkanes) is 4. The Morgan fingerprint density at radius 2 is 1.48 bits per heavy atom. The quantitative estimate of drug-likeness (QED) is 0.0312. The molecule has 4 unspecified atom stereocenters. The molecule has 0 bridgehead atoms. The first kappa shape index (κ1) is 62.0. The number of ether oxygens (including phenoxy) is 4. The number of nitrogens with one attached hydrogen (secondary N) is 1. The monoisotopic (exact) mass is 1120 g/mol. The van der Waals surface area contributed by atoms with Crippen molar-refractivity contribution in [2.75, 3.05) is 47.1 Å². The summed E-state index contributed by atoms with van der Waals surface area (Å²) < 4.78 is 40.8. The number of methoxy groups -OCH3 is 2. The number of nitrogens with zero attached hydrogens (tertiary/aromatic N) is 3. The number of nitriles is 1. The van der Waals surface area contributed by atoms with Gasteiger partial charge >= 0.3 is 6.09 Å². The lowest BCUT2D eigenvalue weighted by molar-refractivity contribution is -0.0519. The van der Waals surface area contributed by atoms with Crippen LogP contribution in [0.4, 0.5) is 4.79 Å². The normalized spacial score (nSPS) is 27.1. The van der Waals surface area contributed by atoms with Gasteiger partial charge in [-0.15, -0.1) is 0 Å². The van der Waals surface area contributed by atoms with E-state index in [0.717, 1.165) is 122 Å². The molecule has 5 aliphatic rings. The lowest BCUT2D eigenvalue weighted by atomic mass is 9.47. The van der Waals surface area contributed by atoms with E-state index in [2.05, 4.69) is 131 Å². The average Bonchev–Trinajstić information content (AvgIpc) is 4.20. The average molecular weight is 1120 g/mol. The Morgan fingerprint density at radius 3 is 2.12 bits per heavy atom. The summed E-state index contributed by atoms with van der Waals surface area (Å²) in [4.78, 5) is 15.9. The molecular formula is C68H101N4O7P. The summed E-state index contributed by atoms with van der Waals surface area (Å²) in [5.41, 5.74) is 4.40. The van der Waals surface area contributed by atoms with E-state index in [4.69, 9.17) is 28.0 Å². The minimum absolute atomic E-state index is 0.0451. The molecular weight excluding hydrogens is 1020 g/mol. The lowest BCUT2D eigenvalue weighted by Crippen LogP contribution is -2.50. The molecule has 1 amide bonds. The van der Waals surface area contributed by atoms with Crippen molar-refractivity contribution in [2.45, 2.75) is 207 Å². The van der Waals surface area contributed by atoms with Gasteiger partial charge in [0, 0.05) is 37.6 Å². The Bertz CT molecular complexity index is 2390. The van der Waals surface area contributed by atoms with Crippen molar-refractivity contribution in [3.63, 3.8) is 0 Å². The van der Waals surface area contributed by atoms with Crippen molar-refractivity contribution in [1.82, 2.24) is 14.9 Å². The van der Waals surface area contributed by atoms with E-state index in [1.54, 1.807) is 19.8 Å². The van der Waals surface area contributed by atoms with Crippen LogP contribution >= 0.6 is 8.53 Å². The van der Waals surface area contributed by atoms with Gasteiger partial charge < -0.3 is 33.3 Å². The number of amides is 1. The van der Waals surface area contributed by atoms with Crippen LogP contribution in [0.1, 0.15) is 188 Å². The third-order valence-corrected chi connectivity index (χ3v) is 22.0. The molecule has 8 rings (SSSR count). The molecule has 440 valence electrons. The van der Waals surface area contributed by atoms with Crippen LogP contribution in [0.2, 0.25) is 0 Å². The molecule has 4 aliphatic carbocycles. The maximum Gasteiger partial charge on any atom is 0.407 e. The van der Waals surface area contributed by atoms with Gasteiger partial charge in [-0.25, -0.2) is 9.46 Å². The predicted molar refractivity (Wildman–Crippen MR) is 324 cm³/mol. The molecule has 12 heteroatoms. The molecule has 3 saturated carbocycles. The summed E-state index contributed by atoms with van der Waals surface area (Å²) in [6.45, 7) is 21.7. The molecule has 3 aromatic rings. The zero-order valence-electron chi connectivity index (χ0n) is 50.8. The van der Waals surface area contributed by atoms with Gasteiger partial charge in [0.2, 0.25) is 0 Å². The zero-order chi connectivity index (χ0) is 56.9. The van der Waals surface area contributed by atoms with Gasteiger partial charge in [-0.3, -0.25) is 4.90 Å². The molecule has 1 heterocycles. The minimum Gasteiger partial charge on any atom is -0.497 e. The Balaban J connectivity index is 0.870. The standard InChI is InChI=1S/C68H101N4O7P/c1-49(2)21-16-17-22-52-30-36-63-62-35-29-56-45-60(37-39-67(56,8)64(62)38-40-66(52,63)7)78-65(73)70-42-18-11-12-19-43-71-47-61(79-80(77-44-20-41-69)72(50(3)4)51(5)6)46-57(71)48-76-68(53-23-14-13-15-24-53,54-25-31-58(74-9)32-26-54)55-27-33-59(75-10)34-28-55/h13-15,23-29,31-34,49-52,57,60-64H,11-12,16-22,30,35-40,42-48H2,1-10H3,(H,70,73)/t52-,57-,60-,61+,62?,63?,64?,66+,67-,80?/m0/s1. The number of rotatable bonds is 29. The second-order valence-electron chi connectivity index (χ2n) is 25.8. The second kappa shape index (κ2) is 29.0. The maximum absolute atomic E-state index is 13.3. The molecule has 0 aromatic heterocycles. The third-order valence-electron chi connectivity index (χ3n) is 19.8. The lowest BCUT2D eigenvalue weighted by Gasteiger charge is -2.58. The van der Waals surface area contributed by atoms with E-state index in [0.29, 0.717) is 31.6 Å². The van der Waals surface area contributed by atoms with Crippen LogP contribution in [0, 0.1) is 51.8 Å². The SMILES string of the molecule is COc1ccc(C(OC[C@@H]2C[C@@H](OP(OCCC#N)N(C(C)C)C(C)C)CN2CCCCCCNC(=O)O[C@H]2CC[C@@]3(C)C(=CCC4C3CC[C@@]3(C)C4CC[C@@H]3CCCCC(C)C)C2)(c2ccccc2)c2ccc(OC)cc2)cc1. The third kappa shape index (κ3) is 14.7. The van der Waals surface area contributed by atoms with Crippen LogP contribution in [0.5, 0.6) is 11.5 Å². The largest absolute Gasteiger partial charge is 0.497 e. The number of fused-ring (bicyclic) bond motifs is 5. The molecule has 1 saturated heterocycles. The molecule has 11 nitrogen and oxygen atoms in total. The summed E-state index contributed by atoms with van der Waals surface area (Å²) in [7, 11) is 1.96. The molecule has 0 spiro atoms. The van der Waals surface area contributed by atoms with Gasteiger partial charge in [0.15, 0.2) is 0 Å². The van der Waals surface area contributed by atoms with E-state index in [1.165, 1.54) is 57.8 Å². The van der Waals surface area contributed by atoms with E-state index < -0.39 is 14.1 Å². The Hall–Kier alpha value is -4.01. The smallest absolute Gasteiger partial charge is 0.407 e. The molecule has 4 fully saturated rings. The summed E-state index contributed by atoms with van der Waals surface area (Å²) >= 11 is 0. The highest BCUT2D eigenvalue weighted by atomic mass is 31.2. The molecule has 80 heavy (non-hydrogen) atoms. The highest BCUT2D eigenvalue weighted by Gasteiger charge is 2.58. The summed E-state index contributed by atoms with van der Waals surface area (Å²) in [6.07, 6.45) is 22.7. The first-order chi connectivity index (χ1) is 38.6. The topological polar surface area (TPSA) is 115 Å². The number of hydrogen-bond donors (Lipinski definition) is 1.